The Morgan fingerprint density at radius 3 is 2.53 bits per heavy atom. The lowest BCUT2D eigenvalue weighted by atomic mass is 10.1. The molecule has 0 radical (unpaired) electrons. The average Bonchev–Trinajstić information content (AvgIpc) is 2.19. The normalized spacial score (nSPS) is 11.1. The van der Waals surface area contributed by atoms with Crippen molar-refractivity contribution in [2.45, 2.75) is 46.0 Å². The number of nitrogens with zero attached hydrogens (tertiary/aromatic N) is 2. The second-order valence-electron chi connectivity index (χ2n) is 3.89. The smallest absolute Gasteiger partial charge is 0.147 e. The molecule has 0 N–H and O–H groups in total. The van der Waals surface area contributed by atoms with Gasteiger partial charge >= 0.3 is 0 Å². The topological polar surface area (TPSA) is 25.8 Å². The highest BCUT2D eigenvalue weighted by Gasteiger charge is 2.13. The molecule has 0 unspecified atom stereocenters. The molecule has 0 atom stereocenters. The van der Waals surface area contributed by atoms with E-state index in [4.69, 9.17) is 11.6 Å². The second kappa shape index (κ2) is 5.80. The van der Waals surface area contributed by atoms with Crippen LogP contribution in [0.15, 0.2) is 4.47 Å². The van der Waals surface area contributed by atoms with Crippen molar-refractivity contribution >= 4 is 27.5 Å². The molecule has 0 aliphatic rings. The molecule has 0 amide bonds. The van der Waals surface area contributed by atoms with Crippen LogP contribution < -0.4 is 0 Å². The molecular formula is C11H16BrClN2. The van der Waals surface area contributed by atoms with Gasteiger partial charge in [0.05, 0.1) is 10.2 Å². The molecule has 0 saturated carbocycles. The molecule has 0 saturated heterocycles. The summed E-state index contributed by atoms with van der Waals surface area (Å²) in [4.78, 5) is 8.79. The van der Waals surface area contributed by atoms with Gasteiger partial charge in [-0.15, -0.1) is 0 Å². The van der Waals surface area contributed by atoms with Gasteiger partial charge in [-0.3, -0.25) is 0 Å². The maximum atomic E-state index is 6.04. The first-order valence-electron chi connectivity index (χ1n) is 5.28. The Morgan fingerprint density at radius 2 is 2.00 bits per heavy atom. The van der Waals surface area contributed by atoms with E-state index in [9.17, 15) is 0 Å². The molecule has 1 aromatic heterocycles. The Hall–Kier alpha value is -0.150. The standard InChI is InChI=1S/C11H16BrClN2/c1-4-5-6-8-14-10(7(2)3)9(12)11(13)15-8/h7H,4-6H2,1-3H3. The zero-order valence-electron chi connectivity index (χ0n) is 9.35. The minimum absolute atomic E-state index is 0.361. The summed E-state index contributed by atoms with van der Waals surface area (Å²) in [7, 11) is 0. The molecule has 1 rings (SSSR count). The first kappa shape index (κ1) is 12.9. The summed E-state index contributed by atoms with van der Waals surface area (Å²) in [6.07, 6.45) is 3.16. The highest BCUT2D eigenvalue weighted by molar-refractivity contribution is 9.10. The van der Waals surface area contributed by atoms with Gasteiger partial charge in [0.15, 0.2) is 0 Å². The predicted molar refractivity (Wildman–Crippen MR) is 67.4 cm³/mol. The summed E-state index contributed by atoms with van der Waals surface area (Å²) in [6, 6.07) is 0. The first-order valence-corrected chi connectivity index (χ1v) is 6.45. The lowest BCUT2D eigenvalue weighted by molar-refractivity contribution is 0.722. The van der Waals surface area contributed by atoms with Gasteiger partial charge in [-0.2, -0.15) is 0 Å². The van der Waals surface area contributed by atoms with E-state index >= 15 is 0 Å². The van der Waals surface area contributed by atoms with Crippen LogP contribution in [-0.2, 0) is 6.42 Å². The lowest BCUT2D eigenvalue weighted by Crippen LogP contribution is -2.03. The van der Waals surface area contributed by atoms with Gasteiger partial charge in [0.1, 0.15) is 11.0 Å². The molecule has 2 nitrogen and oxygen atoms in total. The van der Waals surface area contributed by atoms with E-state index in [0.717, 1.165) is 35.3 Å². The van der Waals surface area contributed by atoms with Crippen molar-refractivity contribution in [3.63, 3.8) is 0 Å². The van der Waals surface area contributed by atoms with E-state index in [-0.39, 0.29) is 0 Å². The minimum atomic E-state index is 0.361. The largest absolute Gasteiger partial charge is 0.236 e. The third-order valence-corrected chi connectivity index (χ3v) is 3.47. The van der Waals surface area contributed by atoms with Crippen LogP contribution in [0.1, 0.15) is 51.0 Å². The van der Waals surface area contributed by atoms with Gasteiger partial charge in [-0.25, -0.2) is 9.97 Å². The molecule has 0 aromatic carbocycles. The molecule has 0 spiro atoms. The Morgan fingerprint density at radius 1 is 1.33 bits per heavy atom. The maximum absolute atomic E-state index is 6.04. The molecule has 0 aliphatic carbocycles. The number of aryl methyl sites for hydroxylation is 1. The van der Waals surface area contributed by atoms with Crippen LogP contribution in [0.3, 0.4) is 0 Å². The summed E-state index contributed by atoms with van der Waals surface area (Å²) in [5.74, 6) is 1.22. The van der Waals surface area contributed by atoms with E-state index in [1.807, 2.05) is 0 Å². The molecule has 1 heterocycles. The van der Waals surface area contributed by atoms with Crippen LogP contribution in [0.4, 0.5) is 0 Å². The average molecular weight is 292 g/mol. The van der Waals surface area contributed by atoms with Gasteiger partial charge in [0, 0.05) is 6.42 Å². The van der Waals surface area contributed by atoms with Crippen LogP contribution in [0, 0.1) is 0 Å². The number of halogens is 2. The number of hydrogen-bond acceptors (Lipinski definition) is 2. The summed E-state index contributed by atoms with van der Waals surface area (Å²) >= 11 is 9.47. The fraction of sp³-hybridized carbons (Fsp3) is 0.636. The van der Waals surface area contributed by atoms with E-state index in [1.54, 1.807) is 0 Å². The molecule has 0 fully saturated rings. The number of hydrogen-bond donors (Lipinski definition) is 0. The van der Waals surface area contributed by atoms with E-state index < -0.39 is 0 Å². The molecule has 4 heteroatoms. The van der Waals surface area contributed by atoms with Crippen molar-refractivity contribution < 1.29 is 0 Å². The number of rotatable bonds is 4. The Kier molecular flexibility index (Phi) is 5.00. The molecule has 84 valence electrons. The molecule has 0 bridgehead atoms. The van der Waals surface area contributed by atoms with Crippen molar-refractivity contribution in [2.24, 2.45) is 0 Å². The molecular weight excluding hydrogens is 275 g/mol. The van der Waals surface area contributed by atoms with Gasteiger partial charge in [-0.05, 0) is 28.3 Å². The fourth-order valence-corrected chi connectivity index (χ4v) is 2.14. The van der Waals surface area contributed by atoms with Gasteiger partial charge < -0.3 is 0 Å². The van der Waals surface area contributed by atoms with E-state index in [1.165, 1.54) is 0 Å². The van der Waals surface area contributed by atoms with Gasteiger partial charge in [-0.1, -0.05) is 38.8 Å². The van der Waals surface area contributed by atoms with Crippen LogP contribution in [0.5, 0.6) is 0 Å². The van der Waals surface area contributed by atoms with Crippen LogP contribution >= 0.6 is 27.5 Å². The van der Waals surface area contributed by atoms with Crippen LogP contribution in [0.25, 0.3) is 0 Å². The summed E-state index contributed by atoms with van der Waals surface area (Å²) in [5, 5.41) is 0.528. The van der Waals surface area contributed by atoms with Crippen molar-refractivity contribution in [1.29, 1.82) is 0 Å². The number of aromatic nitrogens is 2. The third-order valence-electron chi connectivity index (χ3n) is 2.18. The fourth-order valence-electron chi connectivity index (χ4n) is 1.31. The second-order valence-corrected chi connectivity index (χ2v) is 5.04. The zero-order chi connectivity index (χ0) is 11.4. The predicted octanol–water partition coefficient (Wildman–Crippen LogP) is 4.36. The Labute approximate surface area is 105 Å². The van der Waals surface area contributed by atoms with Crippen molar-refractivity contribution in [1.82, 2.24) is 9.97 Å². The highest BCUT2D eigenvalue weighted by Crippen LogP contribution is 2.28. The quantitative estimate of drug-likeness (QED) is 0.770. The lowest BCUT2D eigenvalue weighted by Gasteiger charge is -2.10. The SMILES string of the molecule is CCCCc1nc(Cl)c(Br)c(C(C)C)n1. The minimum Gasteiger partial charge on any atom is -0.236 e. The summed E-state index contributed by atoms with van der Waals surface area (Å²) < 4.78 is 0.833. The Bertz CT molecular complexity index is 340. The summed E-state index contributed by atoms with van der Waals surface area (Å²) in [5.41, 5.74) is 1.00. The van der Waals surface area contributed by atoms with E-state index in [0.29, 0.717) is 11.1 Å². The zero-order valence-corrected chi connectivity index (χ0v) is 11.7. The van der Waals surface area contributed by atoms with Crippen molar-refractivity contribution in [3.8, 4) is 0 Å². The van der Waals surface area contributed by atoms with E-state index in [2.05, 4.69) is 46.7 Å². The highest BCUT2D eigenvalue weighted by atomic mass is 79.9. The molecule has 0 aliphatic heterocycles. The third kappa shape index (κ3) is 3.42. The summed E-state index contributed by atoms with van der Waals surface area (Å²) in [6.45, 7) is 6.36. The van der Waals surface area contributed by atoms with Crippen LogP contribution in [0.2, 0.25) is 5.15 Å². The van der Waals surface area contributed by atoms with Crippen LogP contribution in [-0.4, -0.2) is 9.97 Å². The molecule has 1 aromatic rings. The first-order chi connectivity index (χ1) is 7.06. The maximum Gasteiger partial charge on any atom is 0.147 e. The Balaban J connectivity index is 3.00. The molecule has 15 heavy (non-hydrogen) atoms. The van der Waals surface area contributed by atoms with Crippen molar-refractivity contribution in [2.75, 3.05) is 0 Å². The van der Waals surface area contributed by atoms with Gasteiger partial charge in [0.2, 0.25) is 0 Å². The van der Waals surface area contributed by atoms with Crippen molar-refractivity contribution in [3.05, 3.63) is 21.1 Å². The monoisotopic (exact) mass is 290 g/mol. The number of unbranched alkanes of at least 4 members (excludes halogenated alkanes) is 1. The van der Waals surface area contributed by atoms with Gasteiger partial charge in [0.25, 0.3) is 0 Å².